The van der Waals surface area contributed by atoms with Gasteiger partial charge in [-0.25, -0.2) is 4.39 Å². The number of carbonyl (C=O) groups excluding carboxylic acids is 2. The molecule has 0 spiro atoms. The predicted molar refractivity (Wildman–Crippen MR) is 185 cm³/mol. The van der Waals surface area contributed by atoms with Gasteiger partial charge in [-0.3, -0.25) is 14.2 Å². The van der Waals surface area contributed by atoms with Gasteiger partial charge < -0.3 is 29.9 Å². The molecule has 1 saturated heterocycles. The minimum absolute atomic E-state index is 0.0876. The van der Waals surface area contributed by atoms with Crippen LogP contribution in [0.2, 0.25) is 0 Å². The standard InChI is InChI=1S/C35H44FN4O5PS/c1-24(2)44-46(43,45-25(3)4)33(28-14-9-6-10-15-28)39-35(47)38-30(22-26-12-7-5-8-13-26)34(42)40-21-11-16-31(40)32(41)37-23-27-17-19-29(36)20-18-27/h5-10,12-15,17-20,24-25,30-31,33H,11,16,21-23H2,1-4H3,(H,37,41)(H2,38,39,47)/t30-,31-,33?/m0/s1. The van der Waals surface area contributed by atoms with Crippen molar-refractivity contribution in [1.29, 1.82) is 0 Å². The molecule has 0 saturated carbocycles. The van der Waals surface area contributed by atoms with E-state index >= 15 is 0 Å². The Labute approximate surface area is 282 Å². The Balaban J connectivity index is 1.56. The van der Waals surface area contributed by atoms with Gasteiger partial charge in [-0.05, 0) is 81.6 Å². The molecule has 9 nitrogen and oxygen atoms in total. The van der Waals surface area contributed by atoms with Crippen LogP contribution in [0.4, 0.5) is 4.39 Å². The first-order valence-corrected chi connectivity index (χ1v) is 17.9. The highest BCUT2D eigenvalue weighted by Gasteiger charge is 2.41. The third-order valence-electron chi connectivity index (χ3n) is 7.52. The molecule has 1 unspecified atom stereocenters. The molecule has 1 fully saturated rings. The Morgan fingerprint density at radius 1 is 0.894 bits per heavy atom. The first-order chi connectivity index (χ1) is 22.4. The molecule has 1 heterocycles. The number of thiocarbonyl (C=S) groups is 1. The summed E-state index contributed by atoms with van der Waals surface area (Å²) in [4.78, 5) is 29.1. The van der Waals surface area contributed by atoms with Crippen molar-refractivity contribution >= 4 is 36.7 Å². The third kappa shape index (κ3) is 10.4. The lowest BCUT2D eigenvalue weighted by Gasteiger charge is -2.33. The Morgan fingerprint density at radius 2 is 1.49 bits per heavy atom. The molecule has 3 aromatic rings. The largest absolute Gasteiger partial charge is 0.357 e. The zero-order valence-corrected chi connectivity index (χ0v) is 28.9. The number of halogens is 1. The van der Waals surface area contributed by atoms with Gasteiger partial charge in [0.2, 0.25) is 11.8 Å². The molecule has 3 aromatic carbocycles. The number of nitrogens with one attached hydrogen (secondary N) is 3. The zero-order chi connectivity index (χ0) is 34.0. The Bertz CT molecular complexity index is 1510. The van der Waals surface area contributed by atoms with Gasteiger partial charge in [0, 0.05) is 19.5 Å². The highest BCUT2D eigenvalue weighted by molar-refractivity contribution is 7.80. The quantitative estimate of drug-likeness (QED) is 0.135. The van der Waals surface area contributed by atoms with E-state index in [1.165, 1.54) is 12.1 Å². The van der Waals surface area contributed by atoms with E-state index in [0.29, 0.717) is 31.4 Å². The van der Waals surface area contributed by atoms with Crippen LogP contribution in [-0.4, -0.2) is 52.7 Å². The fourth-order valence-electron chi connectivity index (χ4n) is 5.50. The SMILES string of the molecule is CC(C)OP(=O)(OC(C)C)C(NC(=S)N[C@@H](Cc1ccccc1)C(=O)N1CCC[C@H]1C(=O)NCc1ccc(F)cc1)c1ccccc1. The van der Waals surface area contributed by atoms with Gasteiger partial charge in [0.05, 0.1) is 12.2 Å². The van der Waals surface area contributed by atoms with Gasteiger partial charge in [0.15, 0.2) is 10.9 Å². The van der Waals surface area contributed by atoms with Crippen molar-refractivity contribution in [3.8, 4) is 0 Å². The third-order valence-corrected chi connectivity index (χ3v) is 10.2. The van der Waals surface area contributed by atoms with Crippen LogP contribution in [0.15, 0.2) is 84.9 Å². The minimum Gasteiger partial charge on any atom is -0.351 e. The van der Waals surface area contributed by atoms with E-state index in [0.717, 1.165) is 11.1 Å². The molecule has 0 radical (unpaired) electrons. The molecule has 2 amide bonds. The molecular weight excluding hydrogens is 638 g/mol. The Morgan fingerprint density at radius 3 is 2.09 bits per heavy atom. The fraction of sp³-hybridized carbons (Fsp3) is 0.400. The normalized spacial score (nSPS) is 16.1. The van der Waals surface area contributed by atoms with Crippen molar-refractivity contribution in [2.45, 2.75) is 83.6 Å². The van der Waals surface area contributed by atoms with E-state index in [9.17, 15) is 18.5 Å². The minimum atomic E-state index is -3.84. The highest BCUT2D eigenvalue weighted by Crippen LogP contribution is 2.61. The maximum Gasteiger partial charge on any atom is 0.357 e. The van der Waals surface area contributed by atoms with Gasteiger partial charge in [0.1, 0.15) is 17.9 Å². The van der Waals surface area contributed by atoms with Crippen LogP contribution in [-0.2, 0) is 36.2 Å². The first-order valence-electron chi connectivity index (χ1n) is 15.9. The van der Waals surface area contributed by atoms with Crippen LogP contribution in [0.25, 0.3) is 0 Å². The monoisotopic (exact) mass is 682 g/mol. The number of hydrogen-bond acceptors (Lipinski definition) is 6. The summed E-state index contributed by atoms with van der Waals surface area (Å²) in [5.74, 6) is -1.87. The summed E-state index contributed by atoms with van der Waals surface area (Å²) in [5, 5.41) is 9.31. The summed E-state index contributed by atoms with van der Waals surface area (Å²) in [6.07, 6.45) is 0.672. The molecule has 1 aliphatic rings. The highest BCUT2D eigenvalue weighted by atomic mass is 32.1. The van der Waals surface area contributed by atoms with Gasteiger partial charge in [-0.15, -0.1) is 0 Å². The molecule has 4 rings (SSSR count). The second-order valence-electron chi connectivity index (χ2n) is 12.1. The lowest BCUT2D eigenvalue weighted by molar-refractivity contribution is -0.139. The lowest BCUT2D eigenvalue weighted by atomic mass is 10.0. The van der Waals surface area contributed by atoms with E-state index in [1.54, 1.807) is 44.7 Å². The van der Waals surface area contributed by atoms with Crippen molar-refractivity contribution in [1.82, 2.24) is 20.9 Å². The summed E-state index contributed by atoms with van der Waals surface area (Å²) in [6, 6.07) is 23.1. The van der Waals surface area contributed by atoms with Crippen molar-refractivity contribution in [3.63, 3.8) is 0 Å². The number of nitrogens with zero attached hydrogens (tertiary/aromatic N) is 1. The number of benzene rings is 3. The van der Waals surface area contributed by atoms with Crippen LogP contribution < -0.4 is 16.0 Å². The second-order valence-corrected chi connectivity index (χ2v) is 14.5. The van der Waals surface area contributed by atoms with Crippen molar-refractivity contribution in [2.24, 2.45) is 0 Å². The van der Waals surface area contributed by atoms with Gasteiger partial charge >= 0.3 is 7.60 Å². The van der Waals surface area contributed by atoms with E-state index in [4.69, 9.17) is 21.3 Å². The number of hydrogen-bond donors (Lipinski definition) is 3. The summed E-state index contributed by atoms with van der Waals surface area (Å²) >= 11 is 5.77. The zero-order valence-electron chi connectivity index (χ0n) is 27.2. The predicted octanol–water partition coefficient (Wildman–Crippen LogP) is 6.25. The molecule has 0 aliphatic carbocycles. The number of rotatable bonds is 14. The molecule has 3 N–H and O–H groups in total. The maximum atomic E-state index is 14.4. The molecule has 0 bridgehead atoms. The van der Waals surface area contributed by atoms with Crippen LogP contribution >= 0.6 is 19.8 Å². The van der Waals surface area contributed by atoms with Crippen LogP contribution in [0, 0.1) is 5.82 Å². The average molecular weight is 683 g/mol. The summed E-state index contributed by atoms with van der Waals surface area (Å²) < 4.78 is 39.6. The van der Waals surface area contributed by atoms with Crippen LogP contribution in [0.1, 0.15) is 63.0 Å². The molecule has 12 heteroatoms. The topological polar surface area (TPSA) is 109 Å². The van der Waals surface area contributed by atoms with E-state index in [2.05, 4.69) is 16.0 Å². The number of amides is 2. The second kappa shape index (κ2) is 17.0. The first kappa shape index (κ1) is 36.2. The van der Waals surface area contributed by atoms with E-state index in [1.807, 2.05) is 60.7 Å². The molecule has 3 atom stereocenters. The number of carbonyl (C=O) groups is 2. The van der Waals surface area contributed by atoms with Crippen molar-refractivity contribution < 1.29 is 27.6 Å². The summed E-state index contributed by atoms with van der Waals surface area (Å²) in [5.41, 5.74) is 2.29. The Hall–Kier alpha value is -3.63. The summed E-state index contributed by atoms with van der Waals surface area (Å²) in [7, 11) is -3.84. The molecule has 252 valence electrons. The molecular formula is C35H44FN4O5PS. The van der Waals surface area contributed by atoms with Crippen LogP contribution in [0.5, 0.6) is 0 Å². The number of likely N-dealkylation sites (tertiary alicyclic amines) is 1. The average Bonchev–Trinajstić information content (AvgIpc) is 3.53. The molecule has 1 aliphatic heterocycles. The maximum absolute atomic E-state index is 14.4. The van der Waals surface area contributed by atoms with E-state index < -0.39 is 37.7 Å². The van der Waals surface area contributed by atoms with E-state index in [-0.39, 0.29) is 29.3 Å². The molecule has 47 heavy (non-hydrogen) atoms. The fourth-order valence-corrected chi connectivity index (χ4v) is 8.14. The Kier molecular flexibility index (Phi) is 13.1. The van der Waals surface area contributed by atoms with Gasteiger partial charge in [0.25, 0.3) is 0 Å². The smallest absolute Gasteiger partial charge is 0.351 e. The van der Waals surface area contributed by atoms with Gasteiger partial charge in [-0.1, -0.05) is 72.8 Å². The van der Waals surface area contributed by atoms with Gasteiger partial charge in [-0.2, -0.15) is 0 Å². The summed E-state index contributed by atoms with van der Waals surface area (Å²) in [6.45, 7) is 7.76. The van der Waals surface area contributed by atoms with Crippen LogP contribution in [0.3, 0.4) is 0 Å². The van der Waals surface area contributed by atoms with Crippen molar-refractivity contribution in [3.05, 3.63) is 107 Å². The molecule has 0 aromatic heterocycles. The van der Waals surface area contributed by atoms with Crippen molar-refractivity contribution in [2.75, 3.05) is 6.54 Å². The lowest BCUT2D eigenvalue weighted by Crippen LogP contribution is -2.55.